The predicted molar refractivity (Wildman–Crippen MR) is 145 cm³/mol. The highest BCUT2D eigenvalue weighted by atomic mass is 31.0. The Hall–Kier alpha value is -0.470. The van der Waals surface area contributed by atoms with Crippen molar-refractivity contribution in [1.82, 2.24) is 20.7 Å². The van der Waals surface area contributed by atoms with Crippen molar-refractivity contribution in [2.75, 3.05) is 13.1 Å². The van der Waals surface area contributed by atoms with Crippen molar-refractivity contribution in [3.63, 3.8) is 0 Å². The topological polar surface area (TPSA) is 67.8 Å². The van der Waals surface area contributed by atoms with Crippen LogP contribution in [0.2, 0.25) is 0 Å². The minimum atomic E-state index is -3.13. The number of nitrogens with zero attached hydrogens (tertiary/aromatic N) is 2. The third kappa shape index (κ3) is 5.53. The lowest BCUT2D eigenvalue weighted by molar-refractivity contribution is -0.146. The minimum Gasteiger partial charge on any atom is -0.391 e. The third-order valence-corrected chi connectivity index (χ3v) is 11.0. The standard InChI is InChI=1S/C28H48F3N4O2P/c1-3-6-21-25-22(4-2)34(27(37)17-13-24(36)26(32-15-17)28(30,31)38)12-11-23(25)35(33-21)18-9-10-19(20(29)14-18)16-7-5-8-16/h16-26,32-33,36H,3-15,38H2,1-2H3. The molecule has 0 bridgehead atoms. The fraction of sp³-hybridized carbons (Fsp3) is 0.964. The average Bonchev–Trinajstić information content (AvgIpc) is 3.21. The molecule has 6 nitrogen and oxygen atoms in total. The minimum absolute atomic E-state index is 0.0362. The molecule has 218 valence electrons. The molecule has 10 heteroatoms. The van der Waals surface area contributed by atoms with E-state index in [-0.39, 0.29) is 54.9 Å². The zero-order valence-corrected chi connectivity index (χ0v) is 24.2. The van der Waals surface area contributed by atoms with Crippen molar-refractivity contribution in [1.29, 1.82) is 0 Å². The highest BCUT2D eigenvalue weighted by molar-refractivity contribution is 7.18. The molecule has 3 heterocycles. The van der Waals surface area contributed by atoms with Gasteiger partial charge in [-0.1, -0.05) is 48.8 Å². The molecular weight excluding hydrogens is 512 g/mol. The van der Waals surface area contributed by atoms with E-state index in [9.17, 15) is 18.7 Å². The molecule has 2 aliphatic carbocycles. The zero-order chi connectivity index (χ0) is 27.2. The van der Waals surface area contributed by atoms with Crippen molar-refractivity contribution >= 4 is 15.1 Å². The molecule has 3 aliphatic heterocycles. The van der Waals surface area contributed by atoms with Gasteiger partial charge in [-0.05, 0) is 56.8 Å². The van der Waals surface area contributed by atoms with Gasteiger partial charge in [-0.3, -0.25) is 10.2 Å². The lowest BCUT2D eigenvalue weighted by Crippen LogP contribution is -2.62. The Morgan fingerprint density at radius 1 is 1.13 bits per heavy atom. The lowest BCUT2D eigenvalue weighted by atomic mass is 9.68. The number of hydrazine groups is 1. The van der Waals surface area contributed by atoms with Gasteiger partial charge in [-0.25, -0.2) is 18.2 Å². The summed E-state index contributed by atoms with van der Waals surface area (Å²) in [6, 6.07) is -0.611. The first-order valence-electron chi connectivity index (χ1n) is 15.2. The van der Waals surface area contributed by atoms with Gasteiger partial charge < -0.3 is 15.3 Å². The molecule has 3 saturated heterocycles. The molecule has 5 fully saturated rings. The molecule has 5 rings (SSSR count). The molecule has 0 aromatic rings. The first-order valence-corrected chi connectivity index (χ1v) is 15.8. The summed E-state index contributed by atoms with van der Waals surface area (Å²) in [6.45, 7) is 5.07. The van der Waals surface area contributed by atoms with E-state index in [1.54, 1.807) is 0 Å². The second-order valence-corrected chi connectivity index (χ2v) is 13.5. The largest absolute Gasteiger partial charge is 0.391 e. The number of carbonyl (C=O) groups excluding carboxylic acids is 1. The molecule has 2 saturated carbocycles. The van der Waals surface area contributed by atoms with E-state index in [1.807, 2.05) is 4.90 Å². The van der Waals surface area contributed by atoms with Gasteiger partial charge in [-0.2, -0.15) is 0 Å². The van der Waals surface area contributed by atoms with Crippen molar-refractivity contribution in [3.8, 4) is 0 Å². The van der Waals surface area contributed by atoms with Crippen LogP contribution in [0.15, 0.2) is 0 Å². The van der Waals surface area contributed by atoms with Crippen LogP contribution >= 0.6 is 9.24 Å². The molecule has 38 heavy (non-hydrogen) atoms. The van der Waals surface area contributed by atoms with Crippen LogP contribution in [0.3, 0.4) is 0 Å². The maximum Gasteiger partial charge on any atom is 0.276 e. The Morgan fingerprint density at radius 3 is 2.47 bits per heavy atom. The molecule has 11 atom stereocenters. The van der Waals surface area contributed by atoms with Crippen LogP contribution in [-0.4, -0.2) is 82.2 Å². The summed E-state index contributed by atoms with van der Waals surface area (Å²) in [5.74, 6) is 0.528. The Labute approximate surface area is 228 Å². The number of fused-ring (bicyclic) bond motifs is 1. The number of hydrogen-bond donors (Lipinski definition) is 3. The number of aliphatic hydroxyl groups is 1. The number of piperidine rings is 2. The Morgan fingerprint density at radius 2 is 1.89 bits per heavy atom. The molecule has 0 spiro atoms. The van der Waals surface area contributed by atoms with Gasteiger partial charge in [0.1, 0.15) is 12.2 Å². The maximum absolute atomic E-state index is 15.4. The van der Waals surface area contributed by atoms with Crippen LogP contribution in [0.25, 0.3) is 0 Å². The number of rotatable bonds is 7. The highest BCUT2D eigenvalue weighted by Gasteiger charge is 2.54. The quantitative estimate of drug-likeness (QED) is 0.410. The van der Waals surface area contributed by atoms with Gasteiger partial charge in [0, 0.05) is 43.2 Å². The molecule has 0 radical (unpaired) electrons. The first-order chi connectivity index (χ1) is 18.1. The van der Waals surface area contributed by atoms with Gasteiger partial charge >= 0.3 is 0 Å². The number of likely N-dealkylation sites (tertiary alicyclic amines) is 1. The molecule has 3 N–H and O–H groups in total. The van der Waals surface area contributed by atoms with Gasteiger partial charge in [0.2, 0.25) is 5.91 Å². The van der Waals surface area contributed by atoms with E-state index >= 15 is 4.39 Å². The van der Waals surface area contributed by atoms with Gasteiger partial charge in [0.15, 0.2) is 0 Å². The van der Waals surface area contributed by atoms with E-state index < -0.39 is 29.9 Å². The van der Waals surface area contributed by atoms with E-state index in [0.717, 1.165) is 38.5 Å². The summed E-state index contributed by atoms with van der Waals surface area (Å²) in [5.41, 5.74) is 0.694. The van der Waals surface area contributed by atoms with Crippen molar-refractivity contribution < 1.29 is 23.1 Å². The third-order valence-electron chi connectivity index (χ3n) is 10.6. The van der Waals surface area contributed by atoms with Crippen LogP contribution in [0.1, 0.15) is 84.5 Å². The molecule has 0 aromatic carbocycles. The van der Waals surface area contributed by atoms with E-state index in [1.165, 1.54) is 28.5 Å². The fourth-order valence-corrected chi connectivity index (χ4v) is 8.88. The van der Waals surface area contributed by atoms with E-state index in [0.29, 0.717) is 18.9 Å². The van der Waals surface area contributed by atoms with E-state index in [4.69, 9.17) is 0 Å². The number of hydrogen-bond acceptors (Lipinski definition) is 5. The summed E-state index contributed by atoms with van der Waals surface area (Å²) in [5, 5.41) is 15.5. The average molecular weight is 561 g/mol. The zero-order valence-electron chi connectivity index (χ0n) is 23.0. The van der Waals surface area contributed by atoms with Gasteiger partial charge in [0.05, 0.1) is 12.0 Å². The Kier molecular flexibility index (Phi) is 9.01. The van der Waals surface area contributed by atoms with Gasteiger partial charge in [-0.15, -0.1) is 0 Å². The second-order valence-electron chi connectivity index (χ2n) is 12.8. The van der Waals surface area contributed by atoms with Crippen LogP contribution in [0, 0.1) is 23.7 Å². The monoisotopic (exact) mass is 560 g/mol. The summed E-state index contributed by atoms with van der Waals surface area (Å²) >= 11 is 0. The summed E-state index contributed by atoms with van der Waals surface area (Å²) in [6.07, 6.45) is 7.96. The van der Waals surface area contributed by atoms with Crippen LogP contribution in [-0.2, 0) is 4.79 Å². The first kappa shape index (κ1) is 29.0. The Bertz CT molecular complexity index is 830. The Balaban J connectivity index is 1.27. The van der Waals surface area contributed by atoms with Crippen molar-refractivity contribution in [2.45, 2.75) is 133 Å². The molecule has 5 aliphatic rings. The van der Waals surface area contributed by atoms with E-state index in [2.05, 4.69) is 29.6 Å². The molecular formula is C28H48F3N4O2P. The number of aliphatic hydroxyl groups excluding tert-OH is 1. The summed E-state index contributed by atoms with van der Waals surface area (Å²) < 4.78 is 43.0. The number of carbonyl (C=O) groups is 1. The fourth-order valence-electron chi connectivity index (χ4n) is 8.54. The summed E-state index contributed by atoms with van der Waals surface area (Å²) in [7, 11) is 1.50. The van der Waals surface area contributed by atoms with Crippen LogP contribution in [0.5, 0.6) is 0 Å². The van der Waals surface area contributed by atoms with Crippen LogP contribution < -0.4 is 10.7 Å². The predicted octanol–water partition coefficient (Wildman–Crippen LogP) is 4.08. The molecule has 1 amide bonds. The SMILES string of the molecule is CCCC1NN(C2CCC(C3CCC3)C(F)C2)C2CCN(C(=O)C3CNC(C(F)(F)P)C(O)C3)C(CC)C12. The number of halogens is 3. The highest BCUT2D eigenvalue weighted by Crippen LogP contribution is 2.46. The number of amides is 1. The van der Waals surface area contributed by atoms with Crippen LogP contribution in [0.4, 0.5) is 13.2 Å². The van der Waals surface area contributed by atoms with Gasteiger partial charge in [0.25, 0.3) is 5.66 Å². The lowest BCUT2D eigenvalue weighted by Gasteiger charge is -2.48. The van der Waals surface area contributed by atoms with Crippen molar-refractivity contribution in [3.05, 3.63) is 0 Å². The van der Waals surface area contributed by atoms with Crippen molar-refractivity contribution in [2.24, 2.45) is 23.7 Å². The second kappa shape index (κ2) is 11.8. The smallest absolute Gasteiger partial charge is 0.276 e. The normalized spacial score (nSPS) is 43.1. The number of alkyl halides is 3. The maximum atomic E-state index is 15.4. The number of nitrogens with one attached hydrogen (secondary N) is 2. The molecule has 11 unspecified atom stereocenters. The molecule has 0 aromatic heterocycles. The summed E-state index contributed by atoms with van der Waals surface area (Å²) in [4.78, 5) is 15.7.